The molecule has 2 unspecified atom stereocenters. The van der Waals surface area contributed by atoms with Crippen molar-refractivity contribution in [3.8, 4) is 11.5 Å². The van der Waals surface area contributed by atoms with Crippen LogP contribution < -0.4 is 9.47 Å². The van der Waals surface area contributed by atoms with Crippen molar-refractivity contribution in [2.24, 2.45) is 0 Å². The molecule has 92 valence electrons. The van der Waals surface area contributed by atoms with Gasteiger partial charge >= 0.3 is 5.97 Å². The van der Waals surface area contributed by atoms with Crippen LogP contribution in [0.15, 0.2) is 23.1 Å². The Hall–Kier alpha value is -1.56. The van der Waals surface area contributed by atoms with Crippen molar-refractivity contribution in [2.45, 2.75) is 17.1 Å². The monoisotopic (exact) mass is 256 g/mol. The Kier molecular flexibility index (Phi) is 3.33. The van der Waals surface area contributed by atoms with E-state index >= 15 is 0 Å². The summed E-state index contributed by atoms with van der Waals surface area (Å²) < 4.78 is 22.6. The molecule has 5 nitrogen and oxygen atoms in total. The third kappa shape index (κ3) is 2.41. The second-order valence-corrected chi connectivity index (χ2v) is 5.36. The van der Waals surface area contributed by atoms with Gasteiger partial charge in [0.15, 0.2) is 11.5 Å². The lowest BCUT2D eigenvalue weighted by Crippen LogP contribution is -2.22. The first-order valence-electron chi connectivity index (χ1n) is 5.12. The molecule has 0 saturated heterocycles. The maximum atomic E-state index is 11.9. The fraction of sp³-hybridized carbons (Fsp3) is 0.364. The van der Waals surface area contributed by atoms with Gasteiger partial charge in [0, 0.05) is 11.0 Å². The predicted molar refractivity (Wildman–Crippen MR) is 60.9 cm³/mol. The summed E-state index contributed by atoms with van der Waals surface area (Å²) in [6, 6.07) is 4.82. The fourth-order valence-corrected chi connectivity index (χ4v) is 2.46. The van der Waals surface area contributed by atoms with Crippen LogP contribution in [-0.4, -0.2) is 33.7 Å². The highest BCUT2D eigenvalue weighted by atomic mass is 32.2. The van der Waals surface area contributed by atoms with Gasteiger partial charge in [0.05, 0.1) is 10.8 Å². The molecule has 1 aromatic rings. The topological polar surface area (TPSA) is 72.8 Å². The third-order valence-corrected chi connectivity index (χ3v) is 3.98. The van der Waals surface area contributed by atoms with E-state index in [1.165, 1.54) is 6.92 Å². The van der Waals surface area contributed by atoms with Gasteiger partial charge in [-0.3, -0.25) is 9.00 Å². The molecule has 0 aromatic heterocycles. The summed E-state index contributed by atoms with van der Waals surface area (Å²) in [5.41, 5.74) is 0. The van der Waals surface area contributed by atoms with E-state index in [9.17, 15) is 9.00 Å². The van der Waals surface area contributed by atoms with Gasteiger partial charge in [-0.2, -0.15) is 0 Å². The minimum Gasteiger partial charge on any atom is -0.486 e. The van der Waals surface area contributed by atoms with Gasteiger partial charge in [-0.05, 0) is 19.1 Å². The molecular formula is C11H12O5S. The summed E-state index contributed by atoms with van der Waals surface area (Å²) >= 11 is 0. The SMILES string of the molecule is CC(C(=O)O)S(=O)c1ccc2c(c1)OCCO2. The average Bonchev–Trinajstić information content (AvgIpc) is 2.36. The van der Waals surface area contributed by atoms with E-state index in [2.05, 4.69) is 0 Å². The number of fused-ring (bicyclic) bond motifs is 1. The van der Waals surface area contributed by atoms with Crippen LogP contribution in [0.5, 0.6) is 11.5 Å². The van der Waals surface area contributed by atoms with Crippen molar-refractivity contribution >= 4 is 16.8 Å². The first-order valence-corrected chi connectivity index (χ1v) is 6.34. The molecule has 6 heteroatoms. The molecule has 1 aromatic carbocycles. The zero-order valence-corrected chi connectivity index (χ0v) is 10.0. The van der Waals surface area contributed by atoms with E-state index < -0.39 is 22.0 Å². The lowest BCUT2D eigenvalue weighted by atomic mass is 10.3. The van der Waals surface area contributed by atoms with Gasteiger partial charge in [-0.1, -0.05) is 0 Å². The molecule has 1 N–H and O–H groups in total. The van der Waals surface area contributed by atoms with Crippen LogP contribution in [0.2, 0.25) is 0 Å². The Morgan fingerprint density at radius 1 is 1.35 bits per heavy atom. The van der Waals surface area contributed by atoms with Crippen LogP contribution >= 0.6 is 0 Å². The Morgan fingerprint density at radius 2 is 2.00 bits per heavy atom. The molecule has 0 amide bonds. The second-order valence-electron chi connectivity index (χ2n) is 3.58. The largest absolute Gasteiger partial charge is 0.486 e. The molecule has 0 bridgehead atoms. The van der Waals surface area contributed by atoms with Crippen LogP contribution in [0.25, 0.3) is 0 Å². The Labute approximate surface area is 101 Å². The number of hydrogen-bond acceptors (Lipinski definition) is 4. The van der Waals surface area contributed by atoms with E-state index in [0.29, 0.717) is 29.6 Å². The lowest BCUT2D eigenvalue weighted by molar-refractivity contribution is -0.136. The first-order chi connectivity index (χ1) is 8.09. The summed E-state index contributed by atoms with van der Waals surface area (Å²) in [7, 11) is -1.59. The number of carbonyl (C=O) groups is 1. The number of hydrogen-bond donors (Lipinski definition) is 1. The summed E-state index contributed by atoms with van der Waals surface area (Å²) in [5.74, 6) is 0.0258. The predicted octanol–water partition coefficient (Wildman–Crippen LogP) is 1.04. The number of benzene rings is 1. The minimum atomic E-state index is -1.59. The van der Waals surface area contributed by atoms with E-state index in [0.717, 1.165) is 0 Å². The van der Waals surface area contributed by atoms with Crippen molar-refractivity contribution < 1.29 is 23.6 Å². The number of aliphatic carboxylic acids is 1. The number of rotatable bonds is 3. The molecule has 2 atom stereocenters. The summed E-state index contributed by atoms with van der Waals surface area (Å²) in [5, 5.41) is 7.86. The van der Waals surface area contributed by atoms with Crippen molar-refractivity contribution in [2.75, 3.05) is 13.2 Å². The van der Waals surface area contributed by atoms with E-state index in [-0.39, 0.29) is 0 Å². The molecule has 1 aliphatic heterocycles. The van der Waals surface area contributed by atoms with Crippen molar-refractivity contribution in [1.82, 2.24) is 0 Å². The van der Waals surface area contributed by atoms with E-state index in [1.54, 1.807) is 18.2 Å². The zero-order chi connectivity index (χ0) is 12.4. The zero-order valence-electron chi connectivity index (χ0n) is 9.21. The molecule has 2 rings (SSSR count). The maximum Gasteiger partial charge on any atom is 0.319 e. The van der Waals surface area contributed by atoms with Gasteiger partial charge in [-0.15, -0.1) is 0 Å². The third-order valence-electron chi connectivity index (χ3n) is 2.41. The van der Waals surface area contributed by atoms with Gasteiger partial charge in [0.25, 0.3) is 0 Å². The molecule has 0 spiro atoms. The highest BCUT2D eigenvalue weighted by Gasteiger charge is 2.22. The summed E-state index contributed by atoms with van der Waals surface area (Å²) in [6.07, 6.45) is 0. The molecule has 17 heavy (non-hydrogen) atoms. The average molecular weight is 256 g/mol. The normalized spacial score (nSPS) is 17.2. The van der Waals surface area contributed by atoms with Crippen LogP contribution in [-0.2, 0) is 15.6 Å². The van der Waals surface area contributed by atoms with Crippen LogP contribution in [0.4, 0.5) is 0 Å². The van der Waals surface area contributed by atoms with Gasteiger partial charge < -0.3 is 14.6 Å². The molecule has 1 aliphatic rings. The lowest BCUT2D eigenvalue weighted by Gasteiger charge is -2.19. The standard InChI is InChI=1S/C11H12O5S/c1-7(11(12)13)17(14)8-2-3-9-10(6-8)16-5-4-15-9/h2-3,6-7H,4-5H2,1H3,(H,12,13). The minimum absolute atomic E-state index is 0.434. The number of carboxylic acid groups (broad SMARTS) is 1. The maximum absolute atomic E-state index is 11.9. The van der Waals surface area contributed by atoms with Crippen molar-refractivity contribution in [3.63, 3.8) is 0 Å². The van der Waals surface area contributed by atoms with E-state index in [1.807, 2.05) is 0 Å². The molecule has 0 saturated carbocycles. The number of ether oxygens (including phenoxy) is 2. The van der Waals surface area contributed by atoms with Crippen molar-refractivity contribution in [1.29, 1.82) is 0 Å². The smallest absolute Gasteiger partial charge is 0.319 e. The van der Waals surface area contributed by atoms with Gasteiger partial charge in [0.2, 0.25) is 0 Å². The Balaban J connectivity index is 2.28. The second kappa shape index (κ2) is 4.75. The molecule has 0 fully saturated rings. The highest BCUT2D eigenvalue weighted by molar-refractivity contribution is 7.86. The van der Waals surface area contributed by atoms with Gasteiger partial charge in [0.1, 0.15) is 18.5 Å². The van der Waals surface area contributed by atoms with E-state index in [4.69, 9.17) is 14.6 Å². The fourth-order valence-electron chi connectivity index (χ4n) is 1.44. The highest BCUT2D eigenvalue weighted by Crippen LogP contribution is 2.32. The molecular weight excluding hydrogens is 244 g/mol. The molecule has 0 radical (unpaired) electrons. The summed E-state index contributed by atoms with van der Waals surface area (Å²) in [4.78, 5) is 11.2. The van der Waals surface area contributed by atoms with Gasteiger partial charge in [-0.25, -0.2) is 0 Å². The first kappa shape index (κ1) is 11.9. The quantitative estimate of drug-likeness (QED) is 0.874. The molecule has 1 heterocycles. The van der Waals surface area contributed by atoms with Crippen molar-refractivity contribution in [3.05, 3.63) is 18.2 Å². The van der Waals surface area contributed by atoms with Crippen LogP contribution in [0.3, 0.4) is 0 Å². The Bertz CT molecular complexity index is 471. The van der Waals surface area contributed by atoms with Crippen LogP contribution in [0, 0.1) is 0 Å². The Morgan fingerprint density at radius 3 is 2.65 bits per heavy atom. The number of carboxylic acids is 1. The summed E-state index contributed by atoms with van der Waals surface area (Å²) in [6.45, 7) is 2.34. The van der Waals surface area contributed by atoms with Crippen LogP contribution in [0.1, 0.15) is 6.92 Å². The molecule has 0 aliphatic carbocycles.